The van der Waals surface area contributed by atoms with Gasteiger partial charge in [-0.2, -0.15) is 26.0 Å². The zero-order chi connectivity index (χ0) is 63.3. The van der Waals surface area contributed by atoms with E-state index in [9.17, 15) is 22.1 Å². The second kappa shape index (κ2) is 30.7. The molecule has 28 heteroatoms. The molecule has 4 aromatic carbocycles. The molecule has 0 spiro atoms. The molecule has 8 rings (SSSR count). The minimum absolute atomic E-state index is 0.0800. The summed E-state index contributed by atoms with van der Waals surface area (Å²) in [6.45, 7) is 25.2. The second-order valence-electron chi connectivity index (χ2n) is 22.0. The van der Waals surface area contributed by atoms with Crippen LogP contribution in [0.5, 0.6) is 0 Å². The highest BCUT2D eigenvalue weighted by molar-refractivity contribution is 7.94. The molecule has 8 aromatic rings. The first-order valence-electron chi connectivity index (χ1n) is 29.1. The molecule has 470 valence electrons. The number of azo groups is 1. The highest BCUT2D eigenvalue weighted by atomic mass is 32.2. The number of nitrogens with one attached hydrogen (secondary N) is 5. The number of hydrogen-bond acceptors (Lipinski definition) is 23. The summed E-state index contributed by atoms with van der Waals surface area (Å²) in [7, 11) is -7.93. The summed E-state index contributed by atoms with van der Waals surface area (Å²) >= 11 is 4.66. The number of sulfonamides is 2. The Morgan fingerprint density at radius 2 is 1.31 bits per heavy atom. The third-order valence-corrected chi connectivity index (χ3v) is 20.4. The average molecular weight is 1310 g/mol. The lowest BCUT2D eigenvalue weighted by atomic mass is 9.90. The standard InChI is InChI=1S/C60H76N14O8S6/c1-13-17-27-62-79-81-85-42-21-23-45-50(33-42)84-59(68-45)74-57(44(36-61)55(72-74)60(10,11)12)71-70-47-25-26-52(69-56(47)66-48-35-49(38(6)31-37(48)5)86-82-80-63-28-18-14-2)73(53-39(7)32-40(8)54(41(53)9)88(77,78)65-30-20-16-4)58-67-46-24-22-43(34-51(46)83-58)87(75,76)64-29-19-15-3/h21-26,31-35,62-65H,13-20,27-30H2,1-12H3,(H,66,69). The number of benzene rings is 4. The first-order valence-corrected chi connectivity index (χ1v) is 35.2. The Morgan fingerprint density at radius 3 is 1.98 bits per heavy atom. The molecule has 0 atom stereocenters. The zero-order valence-corrected chi connectivity index (χ0v) is 56.5. The number of fused-ring (bicyclic) bond motifs is 2. The van der Waals surface area contributed by atoms with Gasteiger partial charge in [-0.3, -0.25) is 4.90 Å². The van der Waals surface area contributed by atoms with Crippen LogP contribution in [-0.4, -0.2) is 67.7 Å². The van der Waals surface area contributed by atoms with E-state index in [1.54, 1.807) is 43.0 Å². The lowest BCUT2D eigenvalue weighted by Crippen LogP contribution is -2.27. The molecule has 88 heavy (non-hydrogen) atoms. The maximum atomic E-state index is 14.4. The van der Waals surface area contributed by atoms with Crippen LogP contribution in [0.1, 0.15) is 139 Å². The molecule has 4 heterocycles. The largest absolute Gasteiger partial charge is 0.338 e. The van der Waals surface area contributed by atoms with Crippen LogP contribution in [0.4, 0.5) is 39.6 Å². The lowest BCUT2D eigenvalue weighted by Gasteiger charge is -2.28. The number of anilines is 5. The van der Waals surface area contributed by atoms with Crippen LogP contribution in [-0.2, 0) is 44.1 Å². The first-order chi connectivity index (χ1) is 42.1. The minimum Gasteiger partial charge on any atom is -0.338 e. The van der Waals surface area contributed by atoms with Crippen molar-refractivity contribution < 1.29 is 35.5 Å². The number of hydroxylamine groups is 2. The molecule has 5 N–H and O–H groups in total. The Hall–Kier alpha value is -6.01. The van der Waals surface area contributed by atoms with Gasteiger partial charge < -0.3 is 5.32 Å². The SMILES string of the molecule is CCCCNOOSc1ccc2nc(-n3nc(C(C)(C)C)c(C#N)c3N=Nc3ccc(N(c4nc5ccc(S(=O)(=O)NCCCC)cc5s4)c4c(C)cc(C)c(S(=O)(=O)NCCCC)c4C)nc3Nc3cc(SOONCCCC)c(C)cc3C)sc2c1. The molecule has 0 fully saturated rings. The number of pyridine rings is 1. The van der Waals surface area contributed by atoms with E-state index in [2.05, 4.69) is 45.6 Å². The summed E-state index contributed by atoms with van der Waals surface area (Å²) < 4.78 is 75.3. The van der Waals surface area contributed by atoms with Gasteiger partial charge in [0.1, 0.15) is 23.1 Å². The predicted octanol–water partition coefficient (Wildman–Crippen LogP) is 15.5. The third-order valence-electron chi connectivity index (χ3n) is 13.9. The maximum Gasteiger partial charge on any atom is 0.241 e. The molecule has 0 bridgehead atoms. The van der Waals surface area contributed by atoms with Gasteiger partial charge in [-0.1, -0.05) is 109 Å². The van der Waals surface area contributed by atoms with E-state index in [0.29, 0.717) is 85.7 Å². The maximum absolute atomic E-state index is 14.4. The van der Waals surface area contributed by atoms with Crippen LogP contribution in [0.15, 0.2) is 96.5 Å². The van der Waals surface area contributed by atoms with Gasteiger partial charge in [0.2, 0.25) is 25.2 Å². The van der Waals surface area contributed by atoms with E-state index in [-0.39, 0.29) is 51.6 Å². The Bertz CT molecular complexity index is 4060. The molecular formula is C60H76N14O8S6. The van der Waals surface area contributed by atoms with Crippen molar-refractivity contribution in [2.24, 2.45) is 10.2 Å². The number of rotatable bonds is 32. The quantitative estimate of drug-likeness (QED) is 0.00861. The van der Waals surface area contributed by atoms with Crippen LogP contribution >= 0.6 is 46.8 Å². The molecule has 0 saturated carbocycles. The van der Waals surface area contributed by atoms with E-state index in [0.717, 1.165) is 88.2 Å². The Morgan fingerprint density at radius 1 is 0.682 bits per heavy atom. The van der Waals surface area contributed by atoms with Crippen molar-refractivity contribution in [3.63, 3.8) is 0 Å². The Kier molecular flexibility index (Phi) is 23.7. The molecule has 0 unspecified atom stereocenters. The Labute approximate surface area is 532 Å². The summed E-state index contributed by atoms with van der Waals surface area (Å²) in [4.78, 5) is 29.4. The van der Waals surface area contributed by atoms with Crippen LogP contribution in [0, 0.1) is 45.9 Å². The van der Waals surface area contributed by atoms with E-state index in [1.165, 1.54) is 33.4 Å². The first kappa shape index (κ1) is 67.9. The molecule has 0 aliphatic carbocycles. The van der Waals surface area contributed by atoms with Gasteiger partial charge in [-0.25, -0.2) is 41.2 Å². The molecule has 4 aromatic heterocycles. The summed E-state index contributed by atoms with van der Waals surface area (Å²) in [5.74, 6) is 0.621. The highest BCUT2D eigenvalue weighted by Gasteiger charge is 2.32. The molecule has 0 aliphatic rings. The summed E-state index contributed by atoms with van der Waals surface area (Å²) in [6, 6.07) is 22.0. The summed E-state index contributed by atoms with van der Waals surface area (Å²) in [6.07, 6.45) is 6.76. The van der Waals surface area contributed by atoms with Gasteiger partial charge in [0.25, 0.3) is 0 Å². The predicted molar refractivity (Wildman–Crippen MR) is 352 cm³/mol. The van der Waals surface area contributed by atoms with Crippen molar-refractivity contribution in [3.05, 3.63) is 106 Å². The van der Waals surface area contributed by atoms with Gasteiger partial charge in [0.15, 0.2) is 16.8 Å². The number of unbranched alkanes of at least 4 members (excludes halogenated alkanes) is 4. The van der Waals surface area contributed by atoms with Crippen LogP contribution < -0.4 is 30.6 Å². The smallest absolute Gasteiger partial charge is 0.241 e. The van der Waals surface area contributed by atoms with E-state index in [4.69, 9.17) is 48.9 Å². The molecule has 22 nitrogen and oxygen atoms in total. The normalized spacial score (nSPS) is 12.3. The van der Waals surface area contributed by atoms with Crippen molar-refractivity contribution in [3.8, 4) is 11.2 Å². The Balaban J connectivity index is 1.32. The fourth-order valence-corrected chi connectivity index (χ4v) is 15.1. The van der Waals surface area contributed by atoms with Gasteiger partial charge in [0.05, 0.1) is 65.7 Å². The molecule has 0 radical (unpaired) electrons. The van der Waals surface area contributed by atoms with E-state index < -0.39 is 25.5 Å². The van der Waals surface area contributed by atoms with Gasteiger partial charge in [-0.05, 0) is 143 Å². The molecule has 0 amide bonds. The summed E-state index contributed by atoms with van der Waals surface area (Å²) in [5, 5.41) is 30.1. The lowest BCUT2D eigenvalue weighted by molar-refractivity contribution is -0.244. The van der Waals surface area contributed by atoms with Crippen molar-refractivity contribution in [1.29, 1.82) is 5.26 Å². The van der Waals surface area contributed by atoms with Crippen molar-refractivity contribution in [2.75, 3.05) is 36.4 Å². The zero-order valence-electron chi connectivity index (χ0n) is 51.6. The van der Waals surface area contributed by atoms with E-state index in [1.807, 2.05) is 91.8 Å². The van der Waals surface area contributed by atoms with Gasteiger partial charge >= 0.3 is 0 Å². The number of aryl methyl sites for hydroxylation is 4. The van der Waals surface area contributed by atoms with Crippen molar-refractivity contribution >= 4 is 127 Å². The number of nitrogens with zero attached hydrogens (tertiary/aromatic N) is 9. The topological polar surface area (TPSA) is 274 Å². The van der Waals surface area contributed by atoms with E-state index >= 15 is 0 Å². The van der Waals surface area contributed by atoms with Crippen LogP contribution in [0.3, 0.4) is 0 Å². The van der Waals surface area contributed by atoms with Gasteiger partial charge in [0, 0.05) is 47.1 Å². The second-order valence-corrected chi connectivity index (χ2v) is 29.0. The molecule has 0 saturated heterocycles. The average Bonchev–Trinajstić information content (AvgIpc) is 1.34. The fourth-order valence-electron chi connectivity index (χ4n) is 9.36. The van der Waals surface area contributed by atoms with Crippen molar-refractivity contribution in [1.82, 2.24) is 45.1 Å². The van der Waals surface area contributed by atoms with Crippen molar-refractivity contribution in [2.45, 2.75) is 159 Å². The number of hydrogen-bond donors (Lipinski definition) is 5. The fraction of sp³-hybridized carbons (Fsp3) is 0.417. The minimum atomic E-state index is -4.06. The summed E-state index contributed by atoms with van der Waals surface area (Å²) in [5.41, 5.74) is 11.7. The number of nitriles is 1. The highest BCUT2D eigenvalue weighted by Crippen LogP contribution is 2.46. The van der Waals surface area contributed by atoms with Gasteiger partial charge in [-0.15, -0.1) is 28.9 Å². The monoisotopic (exact) mass is 1310 g/mol. The van der Waals surface area contributed by atoms with Crippen LogP contribution in [0.2, 0.25) is 0 Å². The third kappa shape index (κ3) is 16.5. The molecule has 0 aliphatic heterocycles. The van der Waals surface area contributed by atoms with Crippen LogP contribution in [0.25, 0.3) is 25.6 Å². The molecular weight excluding hydrogens is 1240 g/mol. The number of aromatic nitrogens is 5. The number of thiazole rings is 2.